The van der Waals surface area contributed by atoms with Gasteiger partial charge in [0.05, 0.1) is 11.4 Å². The zero-order chi connectivity index (χ0) is 53.9. The summed E-state index contributed by atoms with van der Waals surface area (Å²) in [6.07, 6.45) is 0. The molecule has 15 aromatic rings. The van der Waals surface area contributed by atoms with Gasteiger partial charge >= 0.3 is 0 Å². The molecule has 0 amide bonds. The van der Waals surface area contributed by atoms with Gasteiger partial charge in [-0.2, -0.15) is 0 Å². The fourth-order valence-electron chi connectivity index (χ4n) is 13.1. The molecule has 0 radical (unpaired) electrons. The standard InChI is InChI=1S/C78H56N2/c1-47-19-27-53(28-20-47)51(5)55-31-41-61(42-32-55)79(59-37-23-49(3)24-38-59)69-45-35-57-11-7-13-63-71(57)77(69)67-17-9-15-65-74-64-14-8-12-58-36-46-70(78(72(58)64)68-18-10-16-66(76(68)74)73(63)75(65)67)80(60-39-25-50(4)26-40-60)62-43-33-56(34-44-62)52(6)54-29-21-48(2)22-30-54/h7-46H,5-6H2,1-4H3. The van der Waals surface area contributed by atoms with Crippen molar-refractivity contribution in [2.24, 2.45) is 0 Å². The number of anilines is 6. The lowest BCUT2D eigenvalue weighted by atomic mass is 9.81. The van der Waals surface area contributed by atoms with Crippen molar-refractivity contribution in [1.82, 2.24) is 0 Å². The molecule has 15 aromatic carbocycles. The lowest BCUT2D eigenvalue weighted by Crippen LogP contribution is -2.11. The van der Waals surface area contributed by atoms with E-state index in [1.807, 2.05) is 0 Å². The molecule has 0 saturated heterocycles. The van der Waals surface area contributed by atoms with Gasteiger partial charge < -0.3 is 9.80 Å². The summed E-state index contributed by atoms with van der Waals surface area (Å²) in [5, 5.41) is 20.1. The number of aryl methyl sites for hydroxylation is 4. The van der Waals surface area contributed by atoms with Gasteiger partial charge in [0, 0.05) is 33.5 Å². The average Bonchev–Trinajstić information content (AvgIpc) is 3.64. The highest BCUT2D eigenvalue weighted by atomic mass is 15.1. The molecule has 15 rings (SSSR count). The molecule has 80 heavy (non-hydrogen) atoms. The molecule has 0 atom stereocenters. The first-order chi connectivity index (χ1) is 39.2. The minimum Gasteiger partial charge on any atom is -0.310 e. The Hall–Kier alpha value is -10.0. The second kappa shape index (κ2) is 18.3. The molecule has 0 unspecified atom stereocenters. The highest BCUT2D eigenvalue weighted by molar-refractivity contribution is 6.49. The second-order valence-corrected chi connectivity index (χ2v) is 22.1. The Labute approximate surface area is 466 Å². The highest BCUT2D eigenvalue weighted by Crippen LogP contribution is 2.55. The predicted octanol–water partition coefficient (Wildman–Crippen LogP) is 22.1. The topological polar surface area (TPSA) is 6.48 Å². The quantitative estimate of drug-likeness (QED) is 0.0995. The molecule has 0 aromatic heterocycles. The normalized spacial score (nSPS) is 11.8. The number of hydrogen-bond acceptors (Lipinski definition) is 2. The number of nitrogens with zero attached hydrogens (tertiary/aromatic N) is 2. The van der Waals surface area contributed by atoms with Gasteiger partial charge in [0.15, 0.2) is 0 Å². The Morgan fingerprint density at radius 2 is 0.475 bits per heavy atom. The van der Waals surface area contributed by atoms with Gasteiger partial charge in [-0.3, -0.25) is 0 Å². The maximum Gasteiger partial charge on any atom is 0.0546 e. The van der Waals surface area contributed by atoms with Crippen molar-refractivity contribution in [3.8, 4) is 0 Å². The van der Waals surface area contributed by atoms with E-state index in [-0.39, 0.29) is 0 Å². The van der Waals surface area contributed by atoms with Crippen molar-refractivity contribution >= 4 is 131 Å². The molecule has 0 saturated carbocycles. The Morgan fingerprint density at radius 1 is 0.237 bits per heavy atom. The van der Waals surface area contributed by atoms with Crippen LogP contribution in [-0.4, -0.2) is 0 Å². The summed E-state index contributed by atoms with van der Waals surface area (Å²) >= 11 is 0. The van der Waals surface area contributed by atoms with Gasteiger partial charge in [0.25, 0.3) is 0 Å². The minimum absolute atomic E-state index is 1.01. The molecule has 0 aliphatic rings. The molecule has 0 heterocycles. The van der Waals surface area contributed by atoms with Crippen molar-refractivity contribution in [3.63, 3.8) is 0 Å². The van der Waals surface area contributed by atoms with Gasteiger partial charge in [0.2, 0.25) is 0 Å². The summed E-state index contributed by atoms with van der Waals surface area (Å²) in [6.45, 7) is 17.7. The summed E-state index contributed by atoms with van der Waals surface area (Å²) in [4.78, 5) is 4.92. The van der Waals surface area contributed by atoms with Crippen LogP contribution in [0.2, 0.25) is 0 Å². The van der Waals surface area contributed by atoms with E-state index < -0.39 is 0 Å². The Morgan fingerprint density at radius 3 is 0.787 bits per heavy atom. The molecule has 0 aliphatic heterocycles. The molecule has 0 spiro atoms. The first kappa shape index (κ1) is 47.2. The SMILES string of the molecule is C=C(c1ccc(C)cc1)c1ccc(N(c2ccc(C)cc2)c2ccc3cccc4c3c2c2cccc3c2c4c2cccc4c5c(N(c6ccc(C)cc6)c6ccc(C(=C)c7ccc(C)cc7)cc6)ccc6cccc(c65)c3c42)cc1. The number of fused-ring (bicyclic) bond motifs is 6. The van der Waals surface area contributed by atoms with Gasteiger partial charge in [-0.05, 0) is 197 Å². The smallest absolute Gasteiger partial charge is 0.0546 e. The zero-order valence-corrected chi connectivity index (χ0v) is 45.4. The Kier molecular flexibility index (Phi) is 10.8. The third kappa shape index (κ3) is 7.33. The first-order valence-corrected chi connectivity index (χ1v) is 27.8. The van der Waals surface area contributed by atoms with E-state index in [0.29, 0.717) is 0 Å². The molecule has 2 nitrogen and oxygen atoms in total. The van der Waals surface area contributed by atoms with Gasteiger partial charge in [-0.25, -0.2) is 0 Å². The molecule has 0 bridgehead atoms. The minimum atomic E-state index is 1.01. The number of benzene rings is 15. The fraction of sp³-hybridized carbons (Fsp3) is 0.0513. The van der Waals surface area contributed by atoms with Crippen molar-refractivity contribution in [3.05, 3.63) is 300 Å². The Balaban J connectivity index is 0.992. The fourth-order valence-corrected chi connectivity index (χ4v) is 13.1. The van der Waals surface area contributed by atoms with Crippen molar-refractivity contribution in [2.75, 3.05) is 9.80 Å². The van der Waals surface area contributed by atoms with Crippen molar-refractivity contribution in [2.45, 2.75) is 27.7 Å². The lowest BCUT2D eigenvalue weighted by Gasteiger charge is -2.30. The van der Waals surface area contributed by atoms with E-state index in [9.17, 15) is 0 Å². The third-order valence-electron chi connectivity index (χ3n) is 17.1. The molecule has 0 aliphatic carbocycles. The predicted molar refractivity (Wildman–Crippen MR) is 346 cm³/mol. The van der Waals surface area contributed by atoms with E-state index in [1.54, 1.807) is 0 Å². The lowest BCUT2D eigenvalue weighted by molar-refractivity contribution is 1.29. The van der Waals surface area contributed by atoms with E-state index >= 15 is 0 Å². The van der Waals surface area contributed by atoms with Crippen LogP contribution in [0, 0.1) is 27.7 Å². The van der Waals surface area contributed by atoms with Crippen LogP contribution in [0.4, 0.5) is 34.1 Å². The van der Waals surface area contributed by atoms with Crippen LogP contribution in [0.25, 0.3) is 97.3 Å². The van der Waals surface area contributed by atoms with E-state index in [2.05, 4.69) is 293 Å². The van der Waals surface area contributed by atoms with Crippen LogP contribution >= 0.6 is 0 Å². The van der Waals surface area contributed by atoms with Crippen LogP contribution in [0.15, 0.2) is 256 Å². The van der Waals surface area contributed by atoms with Gasteiger partial charge in [0.1, 0.15) is 0 Å². The highest BCUT2D eigenvalue weighted by Gasteiger charge is 2.27. The first-order valence-electron chi connectivity index (χ1n) is 27.8. The Bertz CT molecular complexity index is 4630. The molecule has 378 valence electrons. The molecule has 0 fully saturated rings. The molecular formula is C78H56N2. The van der Waals surface area contributed by atoms with E-state index in [0.717, 1.165) is 67.5 Å². The molecule has 0 N–H and O–H groups in total. The molecule has 2 heteroatoms. The number of rotatable bonds is 10. The number of hydrogen-bond donors (Lipinski definition) is 0. The van der Waals surface area contributed by atoms with Crippen LogP contribution in [-0.2, 0) is 0 Å². The summed E-state index contributed by atoms with van der Waals surface area (Å²) < 4.78 is 0. The average molecular weight is 1020 g/mol. The van der Waals surface area contributed by atoms with Crippen LogP contribution < -0.4 is 9.80 Å². The maximum atomic E-state index is 4.56. The van der Waals surface area contributed by atoms with Gasteiger partial charge in [-0.1, -0.05) is 217 Å². The third-order valence-corrected chi connectivity index (χ3v) is 17.1. The van der Waals surface area contributed by atoms with Gasteiger partial charge in [-0.15, -0.1) is 0 Å². The van der Waals surface area contributed by atoms with E-state index in [1.165, 1.54) is 108 Å². The summed E-state index contributed by atoms with van der Waals surface area (Å²) in [5.74, 6) is 0. The van der Waals surface area contributed by atoms with Crippen molar-refractivity contribution < 1.29 is 0 Å². The largest absolute Gasteiger partial charge is 0.310 e. The molecular weight excluding hydrogens is 965 g/mol. The summed E-state index contributed by atoms with van der Waals surface area (Å²) in [6, 6.07) is 90.5. The second-order valence-electron chi connectivity index (χ2n) is 22.1. The van der Waals surface area contributed by atoms with Crippen LogP contribution in [0.3, 0.4) is 0 Å². The van der Waals surface area contributed by atoms with Crippen molar-refractivity contribution in [1.29, 1.82) is 0 Å². The zero-order valence-electron chi connectivity index (χ0n) is 45.4. The monoisotopic (exact) mass is 1020 g/mol. The van der Waals surface area contributed by atoms with Crippen LogP contribution in [0.1, 0.15) is 44.5 Å². The van der Waals surface area contributed by atoms with Crippen LogP contribution in [0.5, 0.6) is 0 Å². The summed E-state index contributed by atoms with van der Waals surface area (Å²) in [5.41, 5.74) is 18.1. The summed E-state index contributed by atoms with van der Waals surface area (Å²) in [7, 11) is 0. The maximum absolute atomic E-state index is 4.56. The van der Waals surface area contributed by atoms with E-state index in [4.69, 9.17) is 0 Å².